The van der Waals surface area contributed by atoms with Gasteiger partial charge >= 0.3 is 0 Å². The Labute approximate surface area is 105 Å². The second-order valence-electron chi connectivity index (χ2n) is 4.18. The van der Waals surface area contributed by atoms with Crippen LogP contribution in [0.1, 0.15) is 23.2 Å². The molecule has 18 heavy (non-hydrogen) atoms. The van der Waals surface area contributed by atoms with Gasteiger partial charge in [-0.05, 0) is 30.5 Å². The number of azide groups is 1. The Morgan fingerprint density at radius 3 is 2.67 bits per heavy atom. The van der Waals surface area contributed by atoms with Gasteiger partial charge < -0.3 is 5.32 Å². The molecule has 0 aliphatic heterocycles. The molecule has 1 N–H and O–H groups in total. The van der Waals surface area contributed by atoms with Crippen molar-refractivity contribution in [3.63, 3.8) is 0 Å². The number of hydrogen-bond acceptors (Lipinski definition) is 2. The van der Waals surface area contributed by atoms with Gasteiger partial charge in [0.15, 0.2) is 0 Å². The molecule has 5 heteroatoms. The number of benzene rings is 1. The first-order chi connectivity index (χ1) is 8.79. The van der Waals surface area contributed by atoms with Gasteiger partial charge in [-0.25, -0.2) is 0 Å². The highest BCUT2D eigenvalue weighted by Gasteiger charge is 2.16. The molecule has 2 atom stereocenters. The molecule has 1 aromatic rings. The molecule has 1 aliphatic carbocycles. The van der Waals surface area contributed by atoms with Crippen LogP contribution in [0, 0.1) is 0 Å². The zero-order valence-corrected chi connectivity index (χ0v) is 9.86. The molecule has 92 valence electrons. The highest BCUT2D eigenvalue weighted by Crippen LogP contribution is 2.15. The van der Waals surface area contributed by atoms with Crippen LogP contribution < -0.4 is 5.32 Å². The standard InChI is InChI=1S/C13H14N4O/c14-17-16-12-8-6-11(7-9-12)15-13(18)10-4-2-1-3-5-10/h1-6,8,11-12H,7,9H2,(H,15,18)/t11-,12+/m1/s1. The van der Waals surface area contributed by atoms with Crippen LogP contribution in [0.15, 0.2) is 47.6 Å². The molecule has 0 unspecified atom stereocenters. The molecule has 0 heterocycles. The lowest BCUT2D eigenvalue weighted by Gasteiger charge is -2.21. The summed E-state index contributed by atoms with van der Waals surface area (Å²) in [5, 5.41) is 6.57. The molecule has 0 fully saturated rings. The summed E-state index contributed by atoms with van der Waals surface area (Å²) in [7, 11) is 0. The van der Waals surface area contributed by atoms with E-state index in [1.54, 1.807) is 12.1 Å². The van der Waals surface area contributed by atoms with E-state index in [9.17, 15) is 4.79 Å². The van der Waals surface area contributed by atoms with Crippen molar-refractivity contribution in [2.75, 3.05) is 0 Å². The lowest BCUT2D eigenvalue weighted by molar-refractivity contribution is 0.0941. The Kier molecular flexibility index (Phi) is 3.99. The smallest absolute Gasteiger partial charge is 0.251 e. The van der Waals surface area contributed by atoms with Crippen molar-refractivity contribution in [2.45, 2.75) is 24.9 Å². The quantitative estimate of drug-likeness (QED) is 0.376. The average Bonchev–Trinajstić information content (AvgIpc) is 2.42. The maximum atomic E-state index is 11.9. The second-order valence-corrected chi connectivity index (χ2v) is 4.18. The molecule has 0 saturated heterocycles. The van der Waals surface area contributed by atoms with Crippen LogP contribution in [0.5, 0.6) is 0 Å². The van der Waals surface area contributed by atoms with E-state index in [0.717, 1.165) is 12.8 Å². The zero-order chi connectivity index (χ0) is 12.8. The first kappa shape index (κ1) is 12.2. The molecule has 2 rings (SSSR count). The number of carbonyl (C=O) groups excluding carboxylic acids is 1. The van der Waals surface area contributed by atoms with Gasteiger partial charge in [0, 0.05) is 16.5 Å². The molecular formula is C13H14N4O. The van der Waals surface area contributed by atoms with Gasteiger partial charge in [0.2, 0.25) is 0 Å². The van der Waals surface area contributed by atoms with Crippen LogP contribution in [0.25, 0.3) is 10.4 Å². The molecule has 1 amide bonds. The SMILES string of the molecule is [N-]=[N+]=N[C@H]1C=C[C@@H](NC(=O)c2ccccc2)CC1. The summed E-state index contributed by atoms with van der Waals surface area (Å²) in [5.41, 5.74) is 8.99. The van der Waals surface area contributed by atoms with Crippen LogP contribution in [0.4, 0.5) is 0 Å². The topological polar surface area (TPSA) is 77.9 Å². The fraction of sp³-hybridized carbons (Fsp3) is 0.308. The Hall–Kier alpha value is -2.26. The predicted octanol–water partition coefficient (Wildman–Crippen LogP) is 2.81. The first-order valence-electron chi connectivity index (χ1n) is 5.88. The summed E-state index contributed by atoms with van der Waals surface area (Å²) in [6.07, 6.45) is 5.29. The van der Waals surface area contributed by atoms with Gasteiger partial charge in [-0.1, -0.05) is 35.5 Å². The monoisotopic (exact) mass is 242 g/mol. The summed E-state index contributed by atoms with van der Waals surface area (Å²) in [4.78, 5) is 14.7. The van der Waals surface area contributed by atoms with Gasteiger partial charge in [0.25, 0.3) is 5.91 Å². The number of amides is 1. The summed E-state index contributed by atoms with van der Waals surface area (Å²) in [6.45, 7) is 0. The maximum absolute atomic E-state index is 11.9. The van der Waals surface area contributed by atoms with E-state index in [-0.39, 0.29) is 18.0 Å². The van der Waals surface area contributed by atoms with E-state index < -0.39 is 0 Å². The minimum Gasteiger partial charge on any atom is -0.346 e. The van der Waals surface area contributed by atoms with Crippen LogP contribution in [-0.2, 0) is 0 Å². The van der Waals surface area contributed by atoms with E-state index in [0.29, 0.717) is 5.56 Å². The van der Waals surface area contributed by atoms with E-state index in [1.807, 2.05) is 30.4 Å². The van der Waals surface area contributed by atoms with Crippen LogP contribution in [0.3, 0.4) is 0 Å². The molecule has 0 spiro atoms. The fourth-order valence-corrected chi connectivity index (χ4v) is 1.93. The van der Waals surface area contributed by atoms with Gasteiger partial charge in [0.1, 0.15) is 0 Å². The Balaban J connectivity index is 1.94. The summed E-state index contributed by atoms with van der Waals surface area (Å²) < 4.78 is 0. The molecule has 0 saturated carbocycles. The molecule has 1 aromatic carbocycles. The van der Waals surface area contributed by atoms with E-state index >= 15 is 0 Å². The largest absolute Gasteiger partial charge is 0.346 e. The first-order valence-corrected chi connectivity index (χ1v) is 5.88. The number of nitrogens with zero attached hydrogens (tertiary/aromatic N) is 3. The van der Waals surface area contributed by atoms with Crippen molar-refractivity contribution in [1.29, 1.82) is 0 Å². The predicted molar refractivity (Wildman–Crippen MR) is 69.0 cm³/mol. The maximum Gasteiger partial charge on any atom is 0.251 e. The Morgan fingerprint density at radius 1 is 1.28 bits per heavy atom. The van der Waals surface area contributed by atoms with Gasteiger partial charge in [-0.15, -0.1) is 0 Å². The lowest BCUT2D eigenvalue weighted by atomic mass is 9.99. The van der Waals surface area contributed by atoms with Gasteiger partial charge in [-0.3, -0.25) is 4.79 Å². The number of carbonyl (C=O) groups is 1. The van der Waals surface area contributed by atoms with Crippen LogP contribution in [0.2, 0.25) is 0 Å². The fourth-order valence-electron chi connectivity index (χ4n) is 1.93. The third-order valence-electron chi connectivity index (χ3n) is 2.89. The van der Waals surface area contributed by atoms with Crippen molar-refractivity contribution in [2.24, 2.45) is 5.11 Å². The van der Waals surface area contributed by atoms with Crippen molar-refractivity contribution >= 4 is 5.91 Å². The Morgan fingerprint density at radius 2 is 2.06 bits per heavy atom. The molecule has 0 radical (unpaired) electrons. The average molecular weight is 242 g/mol. The lowest BCUT2D eigenvalue weighted by Crippen LogP contribution is -2.35. The van der Waals surface area contributed by atoms with Crippen molar-refractivity contribution in [3.8, 4) is 0 Å². The van der Waals surface area contributed by atoms with Crippen molar-refractivity contribution in [3.05, 3.63) is 58.5 Å². The van der Waals surface area contributed by atoms with Gasteiger partial charge in [0.05, 0.1) is 6.04 Å². The normalized spacial score (nSPS) is 22.0. The van der Waals surface area contributed by atoms with Gasteiger partial charge in [-0.2, -0.15) is 0 Å². The minimum absolute atomic E-state index is 0.0165. The molecule has 1 aliphatic rings. The highest BCUT2D eigenvalue weighted by atomic mass is 16.1. The number of rotatable bonds is 3. The van der Waals surface area contributed by atoms with Crippen LogP contribution >= 0.6 is 0 Å². The second kappa shape index (κ2) is 5.89. The van der Waals surface area contributed by atoms with Crippen molar-refractivity contribution < 1.29 is 4.79 Å². The van der Waals surface area contributed by atoms with E-state index in [1.165, 1.54) is 0 Å². The number of hydrogen-bond donors (Lipinski definition) is 1. The van der Waals surface area contributed by atoms with E-state index in [4.69, 9.17) is 5.53 Å². The van der Waals surface area contributed by atoms with Crippen molar-refractivity contribution in [1.82, 2.24) is 5.32 Å². The van der Waals surface area contributed by atoms with Crippen LogP contribution in [-0.4, -0.2) is 18.0 Å². The summed E-state index contributed by atoms with van der Waals surface area (Å²) in [6, 6.07) is 9.05. The third kappa shape index (κ3) is 3.12. The minimum atomic E-state index is -0.0834. The molecule has 0 bridgehead atoms. The van der Waals surface area contributed by atoms with E-state index in [2.05, 4.69) is 15.3 Å². The Bertz CT molecular complexity index is 491. The molecular weight excluding hydrogens is 228 g/mol. The molecule has 0 aromatic heterocycles. The highest BCUT2D eigenvalue weighted by molar-refractivity contribution is 5.94. The molecule has 5 nitrogen and oxygen atoms in total. The number of nitrogens with one attached hydrogen (secondary N) is 1. The summed E-state index contributed by atoms with van der Waals surface area (Å²) >= 11 is 0. The summed E-state index contributed by atoms with van der Waals surface area (Å²) in [5.74, 6) is -0.0764. The third-order valence-corrected chi connectivity index (χ3v) is 2.89. The zero-order valence-electron chi connectivity index (χ0n) is 9.86.